The standard InChI is InChI=1S/C58H76N2/c1-16-19-23-31-57(15)54(9,10)46-34-40-30-33-59-38-41(42-26-21-20-25-39(42)4)28-29-50(59)44-36-47-49(53(7,8)56(13,14)52(47,5)6)37-45(44)58(17-2,18-3)60-32-24-22-27-51(60)43(40)35-48(46)55(57,11)12/h20-22,24-29,32,34-38H,16-19,23,30-31,33H2,1-15H3/q+2. The quantitative estimate of drug-likeness (QED) is 0.114. The summed E-state index contributed by atoms with van der Waals surface area (Å²) in [6.07, 6.45) is 12.9. The molecule has 0 saturated carbocycles. The normalized spacial score (nSPS) is 22.1. The smallest absolute Gasteiger partial charge is 0.197 e. The number of hydrogen-bond donors (Lipinski definition) is 0. The summed E-state index contributed by atoms with van der Waals surface area (Å²) in [5.74, 6) is 0. The van der Waals surface area contributed by atoms with Crippen molar-refractivity contribution in [1.82, 2.24) is 0 Å². The van der Waals surface area contributed by atoms with Gasteiger partial charge in [-0.15, -0.1) is 0 Å². The van der Waals surface area contributed by atoms with Gasteiger partial charge in [0.2, 0.25) is 11.4 Å². The van der Waals surface area contributed by atoms with Crippen LogP contribution in [0.3, 0.4) is 0 Å². The van der Waals surface area contributed by atoms with Crippen LogP contribution in [0.5, 0.6) is 0 Å². The molecule has 1 atom stereocenters. The summed E-state index contributed by atoms with van der Waals surface area (Å²) in [4.78, 5) is 0. The summed E-state index contributed by atoms with van der Waals surface area (Å²) in [7, 11) is 0. The fourth-order valence-corrected chi connectivity index (χ4v) is 12.9. The molecule has 0 bridgehead atoms. The lowest BCUT2D eigenvalue weighted by molar-refractivity contribution is -0.745. The van der Waals surface area contributed by atoms with Gasteiger partial charge in [0, 0.05) is 54.2 Å². The lowest BCUT2D eigenvalue weighted by Crippen LogP contribution is -2.58. The highest BCUT2D eigenvalue weighted by atomic mass is 15.1. The number of pyridine rings is 2. The first-order valence-corrected chi connectivity index (χ1v) is 23.7. The molecule has 3 heterocycles. The molecule has 0 saturated heterocycles. The summed E-state index contributed by atoms with van der Waals surface area (Å²) < 4.78 is 5.37. The minimum Gasteiger partial charge on any atom is -0.197 e. The van der Waals surface area contributed by atoms with Gasteiger partial charge in [0.1, 0.15) is 0 Å². The molecule has 0 N–H and O–H groups in total. The van der Waals surface area contributed by atoms with Gasteiger partial charge in [-0.2, -0.15) is 9.13 Å². The van der Waals surface area contributed by atoms with Crippen LogP contribution in [-0.2, 0) is 40.2 Å². The van der Waals surface area contributed by atoms with Crippen LogP contribution in [0.4, 0.5) is 0 Å². The van der Waals surface area contributed by atoms with E-state index >= 15 is 0 Å². The van der Waals surface area contributed by atoms with Crippen molar-refractivity contribution in [2.45, 2.75) is 183 Å². The molecule has 5 aromatic rings. The molecule has 8 rings (SSSR count). The van der Waals surface area contributed by atoms with Crippen molar-refractivity contribution in [2.24, 2.45) is 10.8 Å². The van der Waals surface area contributed by atoms with Gasteiger partial charge < -0.3 is 0 Å². The minimum atomic E-state index is -0.287. The molecule has 2 heteroatoms. The first-order chi connectivity index (χ1) is 28.2. The van der Waals surface area contributed by atoms with Crippen molar-refractivity contribution in [3.63, 3.8) is 0 Å². The number of fused-ring (bicyclic) bond motifs is 8. The Bertz CT molecular complexity index is 2480. The molecule has 0 radical (unpaired) electrons. The van der Waals surface area contributed by atoms with Gasteiger partial charge in [-0.25, -0.2) is 0 Å². The van der Waals surface area contributed by atoms with E-state index in [-0.39, 0.29) is 38.0 Å². The van der Waals surface area contributed by atoms with Crippen molar-refractivity contribution in [2.75, 3.05) is 0 Å². The Kier molecular flexibility index (Phi) is 10.1. The van der Waals surface area contributed by atoms with Crippen LogP contribution in [0.1, 0.15) is 174 Å². The van der Waals surface area contributed by atoms with Crippen LogP contribution in [0, 0.1) is 17.8 Å². The Morgan fingerprint density at radius 3 is 1.80 bits per heavy atom. The highest BCUT2D eigenvalue weighted by Crippen LogP contribution is 2.65. The van der Waals surface area contributed by atoms with Crippen LogP contribution >= 0.6 is 0 Å². The predicted molar refractivity (Wildman–Crippen MR) is 254 cm³/mol. The molecule has 1 aliphatic heterocycles. The minimum absolute atomic E-state index is 0.00737. The summed E-state index contributed by atoms with van der Waals surface area (Å²) in [6.45, 7) is 38.2. The molecule has 3 aliphatic rings. The molecular formula is C58H76N2+2. The lowest BCUT2D eigenvalue weighted by Gasteiger charge is -2.48. The molecule has 2 aliphatic carbocycles. The van der Waals surface area contributed by atoms with Gasteiger partial charge in [0.05, 0.1) is 5.56 Å². The van der Waals surface area contributed by atoms with E-state index in [0.717, 1.165) is 25.8 Å². The number of nitrogens with zero attached hydrogens (tertiary/aromatic N) is 2. The monoisotopic (exact) mass is 801 g/mol. The van der Waals surface area contributed by atoms with Crippen LogP contribution in [0.2, 0.25) is 0 Å². The average molecular weight is 801 g/mol. The summed E-state index contributed by atoms with van der Waals surface area (Å²) in [5, 5.41) is 0. The van der Waals surface area contributed by atoms with Crippen LogP contribution < -0.4 is 9.13 Å². The largest absolute Gasteiger partial charge is 0.213 e. The van der Waals surface area contributed by atoms with E-state index in [9.17, 15) is 0 Å². The number of aromatic nitrogens is 2. The second-order valence-corrected chi connectivity index (χ2v) is 22.2. The Labute approximate surface area is 364 Å². The average Bonchev–Trinajstić information content (AvgIpc) is 3.39. The van der Waals surface area contributed by atoms with Crippen molar-refractivity contribution >= 4 is 0 Å². The predicted octanol–water partition coefficient (Wildman–Crippen LogP) is 14.4. The molecule has 60 heavy (non-hydrogen) atoms. The molecule has 2 aromatic heterocycles. The summed E-state index contributed by atoms with van der Waals surface area (Å²) >= 11 is 0. The topological polar surface area (TPSA) is 7.76 Å². The molecular weight excluding hydrogens is 725 g/mol. The van der Waals surface area contributed by atoms with E-state index in [0.29, 0.717) is 0 Å². The maximum Gasteiger partial charge on any atom is 0.213 e. The third-order valence-corrected chi connectivity index (χ3v) is 18.9. The van der Waals surface area contributed by atoms with Crippen molar-refractivity contribution < 1.29 is 9.13 Å². The molecule has 0 amide bonds. The van der Waals surface area contributed by atoms with Crippen molar-refractivity contribution in [1.29, 1.82) is 0 Å². The van der Waals surface area contributed by atoms with Gasteiger partial charge in [-0.05, 0) is 115 Å². The zero-order chi connectivity index (χ0) is 43.4. The third kappa shape index (κ3) is 5.63. The van der Waals surface area contributed by atoms with Gasteiger partial charge in [-0.1, -0.05) is 147 Å². The molecule has 3 aromatic carbocycles. The number of aryl methyl sites for hydroxylation is 3. The Balaban J connectivity index is 1.48. The van der Waals surface area contributed by atoms with E-state index in [4.69, 9.17) is 0 Å². The van der Waals surface area contributed by atoms with Crippen molar-refractivity contribution in [3.05, 3.63) is 130 Å². The molecule has 0 spiro atoms. The maximum atomic E-state index is 2.73. The van der Waals surface area contributed by atoms with Gasteiger partial charge in [0.25, 0.3) is 0 Å². The molecule has 1 unspecified atom stereocenters. The highest BCUT2D eigenvalue weighted by Gasteiger charge is 2.60. The number of rotatable bonds is 7. The molecule has 2 nitrogen and oxygen atoms in total. The molecule has 0 fully saturated rings. The number of unbranched alkanes of at least 4 members (excludes halogenated alkanes) is 2. The van der Waals surface area contributed by atoms with Crippen LogP contribution in [-0.4, -0.2) is 0 Å². The molecule has 316 valence electrons. The van der Waals surface area contributed by atoms with E-state index in [2.05, 4.69) is 204 Å². The van der Waals surface area contributed by atoms with Crippen LogP contribution in [0.15, 0.2) is 91.3 Å². The second-order valence-electron chi connectivity index (χ2n) is 22.2. The zero-order valence-electron chi connectivity index (χ0n) is 40.2. The van der Waals surface area contributed by atoms with E-state index < -0.39 is 0 Å². The Morgan fingerprint density at radius 1 is 0.550 bits per heavy atom. The van der Waals surface area contributed by atoms with E-state index in [1.54, 1.807) is 11.1 Å². The van der Waals surface area contributed by atoms with Gasteiger partial charge in [-0.3, -0.25) is 0 Å². The Morgan fingerprint density at radius 2 is 1.15 bits per heavy atom. The summed E-state index contributed by atoms with van der Waals surface area (Å²) in [5.41, 5.74) is 18.4. The second kappa shape index (κ2) is 14.3. The first-order valence-electron chi connectivity index (χ1n) is 23.7. The fraction of sp³-hybridized carbons (Fsp3) is 0.517. The lowest BCUT2D eigenvalue weighted by atomic mass is 9.56. The Hall–Kier alpha value is -4.04. The first kappa shape index (κ1) is 42.6. The maximum absolute atomic E-state index is 2.73. The van der Waals surface area contributed by atoms with E-state index in [1.807, 2.05) is 0 Å². The zero-order valence-corrected chi connectivity index (χ0v) is 40.2. The van der Waals surface area contributed by atoms with Crippen LogP contribution in [0.25, 0.3) is 33.6 Å². The van der Waals surface area contributed by atoms with Gasteiger partial charge in [0.15, 0.2) is 24.5 Å². The summed E-state index contributed by atoms with van der Waals surface area (Å²) in [6, 6.07) is 31.5. The SMILES string of the molecule is CCCCCC1(C)C(C)(C)c2cc3c(cc2C1(C)C)-c1cccc[n+]1C(CC)(CC)c1cc2c(cc1-c1ccc(-c4ccccc4C)c[n+]1CC3)C(C)(C)C(C)(C)C2(C)C. The van der Waals surface area contributed by atoms with E-state index in [1.165, 1.54) is 87.1 Å². The van der Waals surface area contributed by atoms with Gasteiger partial charge >= 0.3 is 0 Å². The highest BCUT2D eigenvalue weighted by molar-refractivity contribution is 5.73. The third-order valence-electron chi connectivity index (χ3n) is 18.9. The fourth-order valence-electron chi connectivity index (χ4n) is 12.9. The number of benzene rings is 3. The number of hydrogen-bond acceptors (Lipinski definition) is 0. The van der Waals surface area contributed by atoms with Crippen molar-refractivity contribution in [3.8, 4) is 33.6 Å².